The Balaban J connectivity index is 1.40. The van der Waals surface area contributed by atoms with Crippen LogP contribution < -0.4 is 15.8 Å². The monoisotopic (exact) mass is 515 g/mol. The lowest BCUT2D eigenvalue weighted by Crippen LogP contribution is -2.28. The molecule has 0 spiro atoms. The number of benzene rings is 2. The average Bonchev–Trinajstić information content (AvgIpc) is 3.39. The third-order valence-electron chi connectivity index (χ3n) is 6.12. The Morgan fingerprint density at radius 1 is 1.17 bits per heavy atom. The number of nitrogens with one attached hydrogen (secondary N) is 1. The standard InChI is InChI=1S/C26H28ClF2N5O2/c1-16(22-19(28)9-10-20(29)23(22)27)36-26-24(30)32-15-21(33-26)17-5-7-18(8-6-17)25(35)31-11-4-14-34-12-2-3-13-34/h5-10,15-16H,2-4,11-14H2,1H3,(H2,30,32)(H,31,35). The molecule has 190 valence electrons. The number of carbonyl (C=O) groups is 1. The first-order valence-electron chi connectivity index (χ1n) is 11.9. The summed E-state index contributed by atoms with van der Waals surface area (Å²) in [6.45, 7) is 5.41. The lowest BCUT2D eigenvalue weighted by molar-refractivity contribution is 0.0952. The number of aromatic nitrogens is 2. The molecule has 0 aliphatic carbocycles. The molecule has 1 unspecified atom stereocenters. The highest BCUT2D eigenvalue weighted by Crippen LogP contribution is 2.33. The number of nitrogens with two attached hydrogens (primary N) is 1. The Morgan fingerprint density at radius 3 is 2.58 bits per heavy atom. The Morgan fingerprint density at radius 2 is 1.86 bits per heavy atom. The summed E-state index contributed by atoms with van der Waals surface area (Å²) in [4.78, 5) is 23.4. The van der Waals surface area contributed by atoms with Crippen LogP contribution in [-0.2, 0) is 0 Å². The smallest absolute Gasteiger partial charge is 0.258 e. The van der Waals surface area contributed by atoms with Crippen molar-refractivity contribution < 1.29 is 18.3 Å². The second-order valence-corrected chi connectivity index (χ2v) is 9.08. The summed E-state index contributed by atoms with van der Waals surface area (Å²) in [5, 5.41) is 2.59. The van der Waals surface area contributed by atoms with Gasteiger partial charge in [0.25, 0.3) is 11.8 Å². The minimum atomic E-state index is -0.975. The number of anilines is 1. The van der Waals surface area contributed by atoms with E-state index in [0.717, 1.165) is 38.2 Å². The molecule has 2 heterocycles. The number of nitrogen functional groups attached to an aromatic ring is 1. The molecular weight excluding hydrogens is 488 g/mol. The zero-order valence-electron chi connectivity index (χ0n) is 19.9. The number of amides is 1. The van der Waals surface area contributed by atoms with Crippen molar-refractivity contribution in [3.05, 3.63) is 70.4 Å². The van der Waals surface area contributed by atoms with Gasteiger partial charge in [-0.25, -0.2) is 18.7 Å². The number of hydrogen-bond acceptors (Lipinski definition) is 6. The highest BCUT2D eigenvalue weighted by Gasteiger charge is 2.21. The molecule has 4 rings (SSSR count). The Labute approximate surface area is 213 Å². The molecule has 0 bridgehead atoms. The van der Waals surface area contributed by atoms with E-state index in [1.54, 1.807) is 24.3 Å². The quantitative estimate of drug-likeness (QED) is 0.307. The molecule has 1 aromatic heterocycles. The van der Waals surface area contributed by atoms with E-state index in [-0.39, 0.29) is 28.2 Å². The van der Waals surface area contributed by atoms with Crippen LogP contribution in [0.4, 0.5) is 14.6 Å². The van der Waals surface area contributed by atoms with Crippen LogP contribution in [0.5, 0.6) is 5.88 Å². The maximum atomic E-state index is 14.3. The van der Waals surface area contributed by atoms with Crippen molar-refractivity contribution in [2.75, 3.05) is 31.9 Å². The number of likely N-dealkylation sites (tertiary alicyclic amines) is 1. The zero-order valence-corrected chi connectivity index (χ0v) is 20.7. The van der Waals surface area contributed by atoms with E-state index in [1.165, 1.54) is 26.0 Å². The van der Waals surface area contributed by atoms with Crippen LogP contribution in [0.3, 0.4) is 0 Å². The van der Waals surface area contributed by atoms with Gasteiger partial charge in [0, 0.05) is 23.2 Å². The molecule has 1 amide bonds. The van der Waals surface area contributed by atoms with Crippen LogP contribution in [0.1, 0.15) is 48.2 Å². The fourth-order valence-corrected chi connectivity index (χ4v) is 4.46. The van der Waals surface area contributed by atoms with E-state index < -0.39 is 17.7 Å². The molecule has 10 heteroatoms. The fraction of sp³-hybridized carbons (Fsp3) is 0.346. The van der Waals surface area contributed by atoms with E-state index in [0.29, 0.717) is 23.4 Å². The summed E-state index contributed by atoms with van der Waals surface area (Å²) >= 11 is 5.94. The van der Waals surface area contributed by atoms with E-state index in [4.69, 9.17) is 22.1 Å². The molecule has 7 nitrogen and oxygen atoms in total. The molecule has 1 aliphatic rings. The average molecular weight is 516 g/mol. The first-order chi connectivity index (χ1) is 17.3. The van der Waals surface area contributed by atoms with Gasteiger partial charge in [0.2, 0.25) is 0 Å². The Bertz CT molecular complexity index is 1220. The van der Waals surface area contributed by atoms with Gasteiger partial charge < -0.3 is 20.7 Å². The topological polar surface area (TPSA) is 93.4 Å². The molecular formula is C26H28ClF2N5O2. The minimum Gasteiger partial charge on any atom is -0.467 e. The van der Waals surface area contributed by atoms with Gasteiger partial charge in [-0.15, -0.1) is 0 Å². The van der Waals surface area contributed by atoms with E-state index >= 15 is 0 Å². The predicted octanol–water partition coefficient (Wildman–Crippen LogP) is 5.01. The number of nitrogens with zero attached hydrogens (tertiary/aromatic N) is 3. The fourth-order valence-electron chi connectivity index (χ4n) is 4.15. The molecule has 1 aliphatic heterocycles. The predicted molar refractivity (Wildman–Crippen MR) is 135 cm³/mol. The van der Waals surface area contributed by atoms with Crippen molar-refractivity contribution >= 4 is 23.3 Å². The van der Waals surface area contributed by atoms with Crippen molar-refractivity contribution in [3.63, 3.8) is 0 Å². The zero-order chi connectivity index (χ0) is 25.7. The van der Waals surface area contributed by atoms with Crippen LogP contribution in [0, 0.1) is 11.6 Å². The van der Waals surface area contributed by atoms with Crippen LogP contribution >= 0.6 is 11.6 Å². The summed E-state index contributed by atoms with van der Waals surface area (Å²) in [7, 11) is 0. The van der Waals surface area contributed by atoms with Crippen LogP contribution in [-0.4, -0.2) is 47.0 Å². The molecule has 3 N–H and O–H groups in total. The maximum absolute atomic E-state index is 14.3. The Kier molecular flexibility index (Phi) is 8.32. The molecule has 1 saturated heterocycles. The van der Waals surface area contributed by atoms with Gasteiger partial charge >= 0.3 is 0 Å². The largest absolute Gasteiger partial charge is 0.467 e. The summed E-state index contributed by atoms with van der Waals surface area (Å²) < 4.78 is 33.8. The van der Waals surface area contributed by atoms with E-state index in [2.05, 4.69) is 20.2 Å². The molecule has 3 aromatic rings. The van der Waals surface area contributed by atoms with Crippen LogP contribution in [0.25, 0.3) is 11.3 Å². The third kappa shape index (κ3) is 6.09. The minimum absolute atomic E-state index is 0.0107. The van der Waals surface area contributed by atoms with Gasteiger partial charge in [-0.3, -0.25) is 4.79 Å². The third-order valence-corrected chi connectivity index (χ3v) is 6.50. The van der Waals surface area contributed by atoms with E-state index in [1.807, 2.05) is 0 Å². The van der Waals surface area contributed by atoms with Crippen molar-refractivity contribution in [1.82, 2.24) is 20.2 Å². The first kappa shape index (κ1) is 25.8. The van der Waals surface area contributed by atoms with Gasteiger partial charge in [0.05, 0.1) is 16.9 Å². The first-order valence-corrected chi connectivity index (χ1v) is 12.2. The summed E-state index contributed by atoms with van der Waals surface area (Å²) in [5.74, 6) is -1.66. The molecule has 0 radical (unpaired) electrons. The second-order valence-electron chi connectivity index (χ2n) is 8.70. The SMILES string of the molecule is CC(Oc1nc(-c2ccc(C(=O)NCCCN3CCCC3)cc2)cnc1N)c1c(F)ccc(F)c1Cl. The second kappa shape index (κ2) is 11.6. The highest BCUT2D eigenvalue weighted by molar-refractivity contribution is 6.31. The van der Waals surface area contributed by atoms with Crippen LogP contribution in [0.15, 0.2) is 42.6 Å². The Hall–Kier alpha value is -3.30. The highest BCUT2D eigenvalue weighted by atomic mass is 35.5. The number of carbonyl (C=O) groups excluding carboxylic acids is 1. The molecule has 0 saturated carbocycles. The maximum Gasteiger partial charge on any atom is 0.258 e. The van der Waals surface area contributed by atoms with Crippen molar-refractivity contribution in [2.24, 2.45) is 0 Å². The van der Waals surface area contributed by atoms with Gasteiger partial charge in [0.1, 0.15) is 17.7 Å². The summed E-state index contributed by atoms with van der Waals surface area (Å²) in [5.41, 5.74) is 7.42. The van der Waals surface area contributed by atoms with Crippen molar-refractivity contribution in [1.29, 1.82) is 0 Å². The van der Waals surface area contributed by atoms with Crippen LogP contribution in [0.2, 0.25) is 5.02 Å². The number of ether oxygens (including phenoxy) is 1. The van der Waals surface area contributed by atoms with Gasteiger partial charge in [0.15, 0.2) is 5.82 Å². The van der Waals surface area contributed by atoms with Crippen molar-refractivity contribution in [3.8, 4) is 17.1 Å². The number of halogens is 3. The summed E-state index contributed by atoms with van der Waals surface area (Å²) in [6.07, 6.45) is 3.91. The lowest BCUT2D eigenvalue weighted by Gasteiger charge is -2.18. The number of rotatable bonds is 9. The van der Waals surface area contributed by atoms with Gasteiger partial charge in [-0.05, 0) is 70.1 Å². The normalized spacial score (nSPS) is 14.6. The van der Waals surface area contributed by atoms with E-state index in [9.17, 15) is 13.6 Å². The van der Waals surface area contributed by atoms with Gasteiger partial charge in [-0.2, -0.15) is 0 Å². The molecule has 2 aromatic carbocycles. The lowest BCUT2D eigenvalue weighted by atomic mass is 10.1. The number of hydrogen-bond donors (Lipinski definition) is 2. The van der Waals surface area contributed by atoms with Gasteiger partial charge in [-0.1, -0.05) is 23.7 Å². The molecule has 1 fully saturated rings. The molecule has 1 atom stereocenters. The van der Waals surface area contributed by atoms with Crippen molar-refractivity contribution in [2.45, 2.75) is 32.3 Å². The molecule has 36 heavy (non-hydrogen) atoms. The summed E-state index contributed by atoms with van der Waals surface area (Å²) in [6, 6.07) is 8.82.